The van der Waals surface area contributed by atoms with E-state index in [4.69, 9.17) is 0 Å². The maximum Gasteiger partial charge on any atom is 0.0310 e. The van der Waals surface area contributed by atoms with Gasteiger partial charge in [-0.15, -0.1) is 0 Å². The van der Waals surface area contributed by atoms with Gasteiger partial charge in [0.1, 0.15) is 0 Å². The Hall–Kier alpha value is 0.440. The molecule has 1 saturated heterocycles. The van der Waals surface area contributed by atoms with Crippen molar-refractivity contribution in [3.63, 3.8) is 0 Å². The van der Waals surface area contributed by atoms with E-state index in [1.807, 2.05) is 0 Å². The highest BCUT2D eigenvalue weighted by molar-refractivity contribution is 9.09. The quantitative estimate of drug-likeness (QED) is 0.704. The van der Waals surface area contributed by atoms with E-state index < -0.39 is 0 Å². The van der Waals surface area contributed by atoms with Gasteiger partial charge in [0, 0.05) is 17.9 Å². The van der Waals surface area contributed by atoms with Gasteiger partial charge in [-0.1, -0.05) is 48.5 Å². The molecule has 1 aliphatic carbocycles. The van der Waals surface area contributed by atoms with Crippen molar-refractivity contribution in [2.75, 3.05) is 19.6 Å². The zero-order valence-corrected chi connectivity index (χ0v) is 10.8. The molecule has 2 aliphatic rings. The molecule has 2 unspecified atom stereocenters. The fraction of sp³-hybridized carbons (Fsp3) is 1.00. The average Bonchev–Trinajstić information content (AvgIpc) is 2.74. The summed E-state index contributed by atoms with van der Waals surface area (Å²) in [6.45, 7) is 6.28. The molecular formula is C12H22BrN. The lowest BCUT2D eigenvalue weighted by atomic mass is 10.0. The summed E-state index contributed by atoms with van der Waals surface area (Å²) in [6, 6.07) is 0. The first kappa shape index (κ1) is 10.9. The van der Waals surface area contributed by atoms with E-state index >= 15 is 0 Å². The minimum absolute atomic E-state index is 0.742. The molecule has 0 bridgehead atoms. The molecule has 2 heteroatoms. The van der Waals surface area contributed by atoms with Gasteiger partial charge in [0.05, 0.1) is 0 Å². The molecule has 0 spiro atoms. The van der Waals surface area contributed by atoms with Crippen molar-refractivity contribution in [1.82, 2.24) is 4.90 Å². The van der Waals surface area contributed by atoms with Crippen molar-refractivity contribution in [2.24, 2.45) is 11.8 Å². The molecule has 0 aromatic rings. The molecule has 1 nitrogen and oxygen atoms in total. The van der Waals surface area contributed by atoms with E-state index in [9.17, 15) is 0 Å². The third-order valence-electron chi connectivity index (χ3n) is 3.92. The predicted octanol–water partition coefficient (Wildman–Crippen LogP) is 3.28. The third kappa shape index (κ3) is 2.73. The molecule has 0 aromatic heterocycles. The van der Waals surface area contributed by atoms with Gasteiger partial charge in [-0.2, -0.15) is 0 Å². The van der Waals surface area contributed by atoms with Crippen LogP contribution in [0.2, 0.25) is 0 Å². The summed E-state index contributed by atoms with van der Waals surface area (Å²) < 4.78 is 0. The molecule has 0 N–H and O–H groups in total. The summed E-state index contributed by atoms with van der Waals surface area (Å²) in [4.78, 5) is 3.38. The average molecular weight is 260 g/mol. The third-order valence-corrected chi connectivity index (χ3v) is 5.12. The van der Waals surface area contributed by atoms with Gasteiger partial charge in [0.15, 0.2) is 0 Å². The lowest BCUT2D eigenvalue weighted by Crippen LogP contribution is -2.23. The van der Waals surface area contributed by atoms with Crippen LogP contribution in [0, 0.1) is 11.8 Å². The van der Waals surface area contributed by atoms with Crippen molar-refractivity contribution >= 4 is 15.9 Å². The highest BCUT2D eigenvalue weighted by atomic mass is 79.9. The van der Waals surface area contributed by atoms with Crippen LogP contribution in [0.25, 0.3) is 0 Å². The molecule has 2 atom stereocenters. The number of likely N-dealkylation sites (tertiary alicyclic amines) is 1. The van der Waals surface area contributed by atoms with Gasteiger partial charge in [0.25, 0.3) is 0 Å². The molecule has 2 fully saturated rings. The van der Waals surface area contributed by atoms with E-state index in [1.54, 1.807) is 0 Å². The van der Waals surface area contributed by atoms with Gasteiger partial charge >= 0.3 is 0 Å². The van der Waals surface area contributed by atoms with Crippen molar-refractivity contribution in [3.05, 3.63) is 0 Å². The molecule has 0 radical (unpaired) electrons. The molecule has 14 heavy (non-hydrogen) atoms. The number of nitrogens with zero attached hydrogens (tertiary/aromatic N) is 1. The van der Waals surface area contributed by atoms with E-state index in [0.717, 1.165) is 16.7 Å². The van der Waals surface area contributed by atoms with Crippen molar-refractivity contribution in [1.29, 1.82) is 0 Å². The number of hydrogen-bond acceptors (Lipinski definition) is 1. The predicted molar refractivity (Wildman–Crippen MR) is 64.9 cm³/mol. The van der Waals surface area contributed by atoms with Crippen LogP contribution in [0.5, 0.6) is 0 Å². The van der Waals surface area contributed by atoms with Gasteiger partial charge in [-0.05, 0) is 24.8 Å². The summed E-state index contributed by atoms with van der Waals surface area (Å²) in [7, 11) is 0. The first-order valence-corrected chi connectivity index (χ1v) is 7.03. The Balaban J connectivity index is 1.66. The first-order chi connectivity index (χ1) is 6.75. The topological polar surface area (TPSA) is 3.24 Å². The van der Waals surface area contributed by atoms with Gasteiger partial charge in [0.2, 0.25) is 0 Å². The van der Waals surface area contributed by atoms with E-state index in [-0.39, 0.29) is 0 Å². The van der Waals surface area contributed by atoms with Gasteiger partial charge in [-0.3, -0.25) is 0 Å². The van der Waals surface area contributed by atoms with Crippen LogP contribution in [0.15, 0.2) is 0 Å². The summed E-state index contributed by atoms with van der Waals surface area (Å²) in [6.07, 6.45) is 7.43. The summed E-state index contributed by atoms with van der Waals surface area (Å²) >= 11 is 3.76. The smallest absolute Gasteiger partial charge is 0.0310 e. The maximum absolute atomic E-state index is 3.76. The second-order valence-electron chi connectivity index (χ2n) is 5.19. The van der Waals surface area contributed by atoms with Crippen LogP contribution < -0.4 is 0 Å². The first-order valence-electron chi connectivity index (χ1n) is 6.12. The summed E-state index contributed by atoms with van der Waals surface area (Å²) in [5.41, 5.74) is 0. The number of halogens is 1. The molecule has 1 heterocycles. The monoisotopic (exact) mass is 259 g/mol. The fourth-order valence-corrected chi connectivity index (χ4v) is 3.45. The Morgan fingerprint density at radius 2 is 1.93 bits per heavy atom. The zero-order chi connectivity index (χ0) is 9.97. The van der Waals surface area contributed by atoms with Crippen LogP contribution in [-0.4, -0.2) is 29.4 Å². The van der Waals surface area contributed by atoms with Crippen molar-refractivity contribution < 1.29 is 0 Å². The Bertz CT molecular complexity index is 167. The fourth-order valence-electron chi connectivity index (χ4n) is 2.87. The lowest BCUT2D eigenvalue weighted by molar-refractivity contribution is 0.295. The molecule has 2 rings (SSSR count). The maximum atomic E-state index is 3.76. The Kier molecular flexibility index (Phi) is 3.89. The standard InChI is InChI=1S/C12H22BrN/c1-10-8-14(9-12(10)13)7-6-11-4-2-3-5-11/h10-12H,2-9H2,1H3. The van der Waals surface area contributed by atoms with Crippen molar-refractivity contribution in [3.8, 4) is 0 Å². The van der Waals surface area contributed by atoms with Crippen LogP contribution in [0.1, 0.15) is 39.0 Å². The molecule has 0 aromatic carbocycles. The molecule has 82 valence electrons. The second-order valence-corrected chi connectivity index (χ2v) is 6.37. The van der Waals surface area contributed by atoms with Crippen LogP contribution in [-0.2, 0) is 0 Å². The SMILES string of the molecule is CC1CN(CCC2CCCC2)CC1Br. The number of alkyl halides is 1. The normalized spacial score (nSPS) is 35.6. The number of rotatable bonds is 3. The van der Waals surface area contributed by atoms with E-state index in [2.05, 4.69) is 27.8 Å². The second kappa shape index (κ2) is 4.98. The van der Waals surface area contributed by atoms with Crippen LogP contribution in [0.4, 0.5) is 0 Å². The van der Waals surface area contributed by atoms with Crippen LogP contribution in [0.3, 0.4) is 0 Å². The Labute approximate surface area is 96.4 Å². The number of hydrogen-bond donors (Lipinski definition) is 0. The largest absolute Gasteiger partial charge is 0.302 e. The minimum atomic E-state index is 0.742. The van der Waals surface area contributed by atoms with Crippen LogP contribution >= 0.6 is 15.9 Å². The van der Waals surface area contributed by atoms with Gasteiger partial charge in [-0.25, -0.2) is 0 Å². The minimum Gasteiger partial charge on any atom is -0.302 e. The Morgan fingerprint density at radius 1 is 1.21 bits per heavy atom. The highest BCUT2D eigenvalue weighted by Gasteiger charge is 2.27. The van der Waals surface area contributed by atoms with E-state index in [0.29, 0.717) is 0 Å². The lowest BCUT2D eigenvalue weighted by Gasteiger charge is -2.17. The van der Waals surface area contributed by atoms with E-state index in [1.165, 1.54) is 51.7 Å². The Morgan fingerprint density at radius 3 is 2.50 bits per heavy atom. The highest BCUT2D eigenvalue weighted by Crippen LogP contribution is 2.29. The molecule has 1 aliphatic heterocycles. The zero-order valence-electron chi connectivity index (χ0n) is 9.21. The van der Waals surface area contributed by atoms with Crippen molar-refractivity contribution in [2.45, 2.75) is 43.9 Å². The summed E-state index contributed by atoms with van der Waals surface area (Å²) in [5.74, 6) is 1.90. The summed E-state index contributed by atoms with van der Waals surface area (Å²) in [5, 5.41) is 0. The molecule has 1 saturated carbocycles. The molecular weight excluding hydrogens is 238 g/mol. The van der Waals surface area contributed by atoms with Gasteiger partial charge < -0.3 is 4.90 Å². The molecule has 0 amide bonds.